The molecule has 1 heterocycles. The fourth-order valence-corrected chi connectivity index (χ4v) is 4.54. The molecule has 1 aliphatic carbocycles. The number of rotatable bonds is 6. The van der Waals surface area contributed by atoms with E-state index < -0.39 is 0 Å². The molecule has 3 N–H and O–H groups in total. The molecule has 0 saturated heterocycles. The maximum Gasteiger partial charge on any atom is 0.0934 e. The summed E-state index contributed by atoms with van der Waals surface area (Å²) in [5, 5.41) is 25.3. The second-order valence-corrected chi connectivity index (χ2v) is 8.15. The predicted molar refractivity (Wildman–Crippen MR) is 130 cm³/mol. The molecule has 4 rings (SSSR count). The van der Waals surface area contributed by atoms with E-state index in [1.165, 1.54) is 48.8 Å². The van der Waals surface area contributed by atoms with Gasteiger partial charge in [-0.25, -0.2) is 0 Å². The average molecular weight is 515 g/mol. The third-order valence-electron chi connectivity index (χ3n) is 6.10. The molecule has 1 fully saturated rings. The molecule has 0 amide bonds. The maximum atomic E-state index is 9.01. The van der Waals surface area contributed by atoms with Gasteiger partial charge in [-0.3, -0.25) is 5.32 Å². The van der Waals surface area contributed by atoms with E-state index in [2.05, 4.69) is 59.9 Å². The van der Waals surface area contributed by atoms with Crippen LogP contribution in [0.2, 0.25) is 0 Å². The summed E-state index contributed by atoms with van der Waals surface area (Å²) in [6.45, 7) is 5.05. The summed E-state index contributed by atoms with van der Waals surface area (Å²) in [6.07, 6.45) is 8.72. The molecule has 0 spiro atoms. The molecule has 1 saturated carbocycles. The van der Waals surface area contributed by atoms with Crippen molar-refractivity contribution in [1.29, 1.82) is 0 Å². The van der Waals surface area contributed by atoms with Crippen molar-refractivity contribution in [2.45, 2.75) is 70.9 Å². The molecule has 2 atom stereocenters. The molecular formula is C27H41N2O2Y-. The zero-order valence-corrected chi connectivity index (χ0v) is 22.8. The van der Waals surface area contributed by atoms with Crippen LogP contribution in [0.3, 0.4) is 0 Å². The number of fused-ring (bicyclic) bond motifs is 1. The molecule has 4 nitrogen and oxygen atoms in total. The Bertz CT molecular complexity index is 705. The van der Waals surface area contributed by atoms with E-state index in [9.17, 15) is 0 Å². The fourth-order valence-electron chi connectivity index (χ4n) is 4.54. The van der Waals surface area contributed by atoms with E-state index in [0.29, 0.717) is 0 Å². The number of nitrogens with zero attached hydrogens (tertiary/aromatic N) is 1. The van der Waals surface area contributed by atoms with Crippen LogP contribution in [0.4, 0.5) is 0 Å². The third-order valence-corrected chi connectivity index (χ3v) is 6.10. The number of aliphatic hydroxyl groups excluding tert-OH is 2. The Balaban J connectivity index is 0.000000295. The SMILES string of the molecule is CC.OCNC(CO)CC1CCCCC1.[Y].c1ccc(C2[N-]CCc3ccccc32)cc1. The quantitative estimate of drug-likeness (QED) is 0.441. The zero-order valence-electron chi connectivity index (χ0n) is 19.9. The van der Waals surface area contributed by atoms with E-state index in [4.69, 9.17) is 15.5 Å². The van der Waals surface area contributed by atoms with Crippen LogP contribution >= 0.6 is 0 Å². The molecule has 1 aliphatic heterocycles. The van der Waals surface area contributed by atoms with Crippen LogP contribution in [-0.2, 0) is 39.1 Å². The molecular weight excluding hydrogens is 473 g/mol. The summed E-state index contributed by atoms with van der Waals surface area (Å²) in [4.78, 5) is 0. The Kier molecular flexibility index (Phi) is 16.4. The molecule has 0 aromatic heterocycles. The Morgan fingerprint density at radius 3 is 2.25 bits per heavy atom. The van der Waals surface area contributed by atoms with Crippen LogP contribution in [0.1, 0.15) is 75.1 Å². The number of hydrogen-bond donors (Lipinski definition) is 3. The van der Waals surface area contributed by atoms with Crippen molar-refractivity contribution in [2.24, 2.45) is 5.92 Å². The van der Waals surface area contributed by atoms with Gasteiger partial charge in [0.05, 0.1) is 13.3 Å². The number of aliphatic hydroxyl groups is 2. The van der Waals surface area contributed by atoms with Gasteiger partial charge in [-0.15, -0.1) is 6.54 Å². The topological polar surface area (TPSA) is 66.6 Å². The molecule has 1 radical (unpaired) electrons. The first-order valence-electron chi connectivity index (χ1n) is 12.1. The van der Waals surface area contributed by atoms with Crippen molar-refractivity contribution in [3.63, 3.8) is 0 Å². The van der Waals surface area contributed by atoms with Crippen LogP contribution in [0.25, 0.3) is 5.32 Å². The summed E-state index contributed by atoms with van der Waals surface area (Å²) >= 11 is 0. The van der Waals surface area contributed by atoms with E-state index >= 15 is 0 Å². The minimum atomic E-state index is -0.0298. The van der Waals surface area contributed by atoms with Gasteiger partial charge in [-0.1, -0.05) is 118 Å². The second-order valence-electron chi connectivity index (χ2n) is 8.15. The Morgan fingerprint density at radius 1 is 0.938 bits per heavy atom. The summed E-state index contributed by atoms with van der Waals surface area (Å²) in [7, 11) is 0. The molecule has 175 valence electrons. The van der Waals surface area contributed by atoms with Crippen LogP contribution in [0.5, 0.6) is 0 Å². The van der Waals surface area contributed by atoms with Gasteiger partial charge in [0.1, 0.15) is 0 Å². The van der Waals surface area contributed by atoms with Crippen LogP contribution < -0.4 is 5.32 Å². The van der Waals surface area contributed by atoms with Gasteiger partial charge in [0.2, 0.25) is 0 Å². The molecule has 2 aliphatic rings. The van der Waals surface area contributed by atoms with Gasteiger partial charge in [-0.05, 0) is 24.3 Å². The maximum absolute atomic E-state index is 9.01. The van der Waals surface area contributed by atoms with Gasteiger partial charge in [-0.2, -0.15) is 0 Å². The molecule has 2 aromatic rings. The van der Waals surface area contributed by atoms with Crippen LogP contribution in [0.15, 0.2) is 54.6 Å². The van der Waals surface area contributed by atoms with Crippen LogP contribution in [-0.4, -0.2) is 36.1 Å². The van der Waals surface area contributed by atoms with E-state index in [1.54, 1.807) is 0 Å². The van der Waals surface area contributed by atoms with Gasteiger partial charge in [0, 0.05) is 38.8 Å². The Morgan fingerprint density at radius 2 is 1.59 bits per heavy atom. The summed E-state index contributed by atoms with van der Waals surface area (Å²) in [6, 6.07) is 19.5. The van der Waals surface area contributed by atoms with Crippen LogP contribution in [0, 0.1) is 5.92 Å². The first-order chi connectivity index (χ1) is 15.3. The predicted octanol–water partition coefficient (Wildman–Crippen LogP) is 5.59. The Hall–Kier alpha value is -0.616. The standard InChI is InChI=1S/C15H14N.C10H21NO2.C2H6.Y/c1-2-7-13(8-3-1)15-14-9-5-4-6-12(14)10-11-16-15;12-7-10(11-8-13)6-9-4-2-1-3-5-9;1-2;/h1-9,15H,10-11H2;9-13H,1-8H2;1-2H3;/q-1;;;. The normalized spacial score (nSPS) is 18.6. The second kappa shape index (κ2) is 17.8. The van der Waals surface area contributed by atoms with Gasteiger partial charge >= 0.3 is 0 Å². The van der Waals surface area contributed by atoms with Crippen molar-refractivity contribution in [3.05, 3.63) is 76.6 Å². The van der Waals surface area contributed by atoms with Gasteiger partial charge in [0.15, 0.2) is 0 Å². The molecule has 5 heteroatoms. The summed E-state index contributed by atoms with van der Waals surface area (Å²) in [5.41, 5.74) is 4.13. The van der Waals surface area contributed by atoms with Crippen molar-refractivity contribution in [1.82, 2.24) is 5.32 Å². The van der Waals surface area contributed by atoms with Crippen molar-refractivity contribution < 1.29 is 42.9 Å². The third kappa shape index (κ3) is 9.71. The zero-order chi connectivity index (χ0) is 22.3. The number of hydrogen-bond acceptors (Lipinski definition) is 3. The van der Waals surface area contributed by atoms with Gasteiger partial charge < -0.3 is 15.5 Å². The minimum Gasteiger partial charge on any atom is -0.652 e. The summed E-state index contributed by atoms with van der Waals surface area (Å²) < 4.78 is 0. The van der Waals surface area contributed by atoms with Crippen molar-refractivity contribution >= 4 is 0 Å². The number of nitrogens with one attached hydrogen (secondary N) is 1. The molecule has 2 aromatic carbocycles. The van der Waals surface area contributed by atoms with Crippen molar-refractivity contribution in [2.75, 3.05) is 19.9 Å². The first-order valence-corrected chi connectivity index (χ1v) is 12.1. The minimum absolute atomic E-state index is 0. The first kappa shape index (κ1) is 29.4. The fraction of sp³-hybridized carbons (Fsp3) is 0.556. The van der Waals surface area contributed by atoms with E-state index in [0.717, 1.165) is 25.3 Å². The van der Waals surface area contributed by atoms with Gasteiger partial charge in [0.25, 0.3) is 0 Å². The van der Waals surface area contributed by atoms with E-state index in [-0.39, 0.29) is 58.1 Å². The number of benzene rings is 2. The smallest absolute Gasteiger partial charge is 0.0934 e. The van der Waals surface area contributed by atoms with Crippen molar-refractivity contribution in [3.8, 4) is 0 Å². The average Bonchev–Trinajstić information content (AvgIpc) is 2.86. The Labute approximate surface area is 220 Å². The molecule has 32 heavy (non-hydrogen) atoms. The monoisotopic (exact) mass is 514 g/mol. The largest absolute Gasteiger partial charge is 0.652 e. The summed E-state index contributed by atoms with van der Waals surface area (Å²) in [5.74, 6) is 0.755. The molecule has 0 bridgehead atoms. The van der Waals surface area contributed by atoms with E-state index in [1.807, 2.05) is 13.8 Å². The molecule has 2 unspecified atom stereocenters.